The van der Waals surface area contributed by atoms with Gasteiger partial charge in [0.15, 0.2) is 11.0 Å². The minimum absolute atomic E-state index is 0.0236. The first-order valence-corrected chi connectivity index (χ1v) is 7.40. The third-order valence-electron chi connectivity index (χ3n) is 3.22. The minimum Gasteiger partial charge on any atom is -0.308 e. The Hall–Kier alpha value is -2.19. The molecule has 0 aromatic heterocycles. The molecule has 23 heavy (non-hydrogen) atoms. The van der Waals surface area contributed by atoms with Gasteiger partial charge >= 0.3 is 0 Å². The third kappa shape index (κ3) is 4.17. The van der Waals surface area contributed by atoms with Gasteiger partial charge in [0.1, 0.15) is 5.82 Å². The first-order valence-electron chi connectivity index (χ1n) is 6.99. The molecule has 1 heterocycles. The molecular weight excluding hydrogens is 319 g/mol. The van der Waals surface area contributed by atoms with Gasteiger partial charge in [-0.05, 0) is 50.6 Å². The maximum Gasteiger partial charge on any atom is 0.251 e. The molecule has 1 unspecified atom stereocenters. The van der Waals surface area contributed by atoms with Crippen molar-refractivity contribution in [2.24, 2.45) is 10.9 Å². The number of carbonyl (C=O) groups excluding carboxylic acids is 2. The van der Waals surface area contributed by atoms with Gasteiger partial charge in [-0.25, -0.2) is 4.39 Å². The standard InChI is InChI=1S/C15H17FN4O2S/c1-19(2)8-7-17-9-12-13(21)18-15(23)20(14(12)22)11-5-3-10(16)4-6-11/h3-6,9,12H,7-8H2,1-2H3,(H,18,21,23). The molecule has 1 aliphatic rings. The fourth-order valence-electron chi connectivity index (χ4n) is 1.99. The second kappa shape index (κ2) is 7.38. The lowest BCUT2D eigenvalue weighted by Gasteiger charge is -2.30. The number of thiocarbonyl (C=S) groups is 1. The van der Waals surface area contributed by atoms with E-state index in [-0.39, 0.29) is 5.11 Å². The topological polar surface area (TPSA) is 65.0 Å². The maximum atomic E-state index is 13.0. The molecule has 122 valence electrons. The van der Waals surface area contributed by atoms with Crippen LogP contribution in [0.2, 0.25) is 0 Å². The highest BCUT2D eigenvalue weighted by Crippen LogP contribution is 2.20. The molecule has 1 saturated heterocycles. The van der Waals surface area contributed by atoms with Gasteiger partial charge in [0.2, 0.25) is 5.91 Å². The van der Waals surface area contributed by atoms with E-state index in [0.717, 1.165) is 0 Å². The fraction of sp³-hybridized carbons (Fsp3) is 0.333. The number of rotatable bonds is 5. The summed E-state index contributed by atoms with van der Waals surface area (Å²) in [6, 6.07) is 5.30. The Kier molecular flexibility index (Phi) is 5.51. The highest BCUT2D eigenvalue weighted by atomic mass is 32.1. The van der Waals surface area contributed by atoms with Crippen molar-refractivity contribution < 1.29 is 14.0 Å². The van der Waals surface area contributed by atoms with E-state index < -0.39 is 23.5 Å². The van der Waals surface area contributed by atoms with Gasteiger partial charge in [-0.2, -0.15) is 0 Å². The van der Waals surface area contributed by atoms with E-state index in [1.807, 2.05) is 19.0 Å². The van der Waals surface area contributed by atoms with E-state index in [4.69, 9.17) is 12.2 Å². The van der Waals surface area contributed by atoms with Gasteiger partial charge in [0.25, 0.3) is 5.91 Å². The average molecular weight is 336 g/mol. The summed E-state index contributed by atoms with van der Waals surface area (Å²) in [7, 11) is 3.81. The molecule has 1 atom stereocenters. The summed E-state index contributed by atoms with van der Waals surface area (Å²) < 4.78 is 13.0. The average Bonchev–Trinajstić information content (AvgIpc) is 2.47. The number of hydrogen-bond donors (Lipinski definition) is 1. The first-order chi connectivity index (χ1) is 10.9. The number of nitrogens with zero attached hydrogens (tertiary/aromatic N) is 3. The molecule has 8 heteroatoms. The molecular formula is C15H17FN4O2S. The Morgan fingerprint density at radius 1 is 1.35 bits per heavy atom. The predicted octanol–water partition coefficient (Wildman–Crippen LogP) is 0.822. The molecule has 1 aromatic carbocycles. The number of nitrogens with one attached hydrogen (secondary N) is 1. The number of aliphatic imine (C=N–C) groups is 1. The summed E-state index contributed by atoms with van der Waals surface area (Å²) >= 11 is 5.05. The van der Waals surface area contributed by atoms with Crippen LogP contribution in [0.3, 0.4) is 0 Å². The Morgan fingerprint density at radius 3 is 2.61 bits per heavy atom. The lowest BCUT2D eigenvalue weighted by atomic mass is 10.1. The molecule has 2 rings (SSSR count). The van der Waals surface area contributed by atoms with Crippen LogP contribution in [0.15, 0.2) is 29.3 Å². The number of benzene rings is 1. The zero-order valence-corrected chi connectivity index (χ0v) is 13.6. The van der Waals surface area contributed by atoms with E-state index in [1.165, 1.54) is 35.4 Å². The van der Waals surface area contributed by atoms with Gasteiger partial charge in [-0.3, -0.25) is 19.5 Å². The second-order valence-corrected chi connectivity index (χ2v) is 5.67. The van der Waals surface area contributed by atoms with Crippen LogP contribution in [0.4, 0.5) is 10.1 Å². The van der Waals surface area contributed by atoms with Gasteiger partial charge in [-0.1, -0.05) is 0 Å². The Balaban J connectivity index is 2.18. The van der Waals surface area contributed by atoms with Crippen molar-refractivity contribution in [1.29, 1.82) is 0 Å². The molecule has 1 N–H and O–H groups in total. The van der Waals surface area contributed by atoms with Crippen molar-refractivity contribution in [3.05, 3.63) is 30.1 Å². The van der Waals surface area contributed by atoms with Gasteiger partial charge in [0, 0.05) is 12.8 Å². The van der Waals surface area contributed by atoms with Crippen molar-refractivity contribution in [1.82, 2.24) is 10.2 Å². The van der Waals surface area contributed by atoms with Gasteiger partial charge < -0.3 is 10.2 Å². The summed E-state index contributed by atoms with van der Waals surface area (Å²) in [6.45, 7) is 1.18. The smallest absolute Gasteiger partial charge is 0.251 e. The van der Waals surface area contributed by atoms with Crippen molar-refractivity contribution in [3.8, 4) is 0 Å². The molecule has 1 fully saturated rings. The van der Waals surface area contributed by atoms with E-state index in [9.17, 15) is 14.0 Å². The largest absolute Gasteiger partial charge is 0.308 e. The Labute approximate surface area is 139 Å². The number of carbonyl (C=O) groups is 2. The zero-order chi connectivity index (χ0) is 17.0. The highest BCUT2D eigenvalue weighted by Gasteiger charge is 2.38. The molecule has 2 amide bonds. The van der Waals surface area contributed by atoms with Crippen LogP contribution in [0, 0.1) is 11.7 Å². The van der Waals surface area contributed by atoms with E-state index >= 15 is 0 Å². The summed E-state index contributed by atoms with van der Waals surface area (Å²) in [5.74, 6) is -2.48. The quantitative estimate of drug-likeness (QED) is 0.491. The van der Waals surface area contributed by atoms with E-state index in [1.54, 1.807) is 0 Å². The molecule has 0 radical (unpaired) electrons. The Bertz CT molecular complexity index is 645. The number of amides is 2. The summed E-state index contributed by atoms with van der Waals surface area (Å²) in [4.78, 5) is 31.8. The second-order valence-electron chi connectivity index (χ2n) is 5.28. The van der Waals surface area contributed by atoms with Crippen molar-refractivity contribution >= 4 is 41.0 Å². The lowest BCUT2D eigenvalue weighted by molar-refractivity contribution is -0.130. The van der Waals surface area contributed by atoms with Crippen LogP contribution in [-0.2, 0) is 9.59 Å². The van der Waals surface area contributed by atoms with Gasteiger partial charge in [0.05, 0.1) is 12.2 Å². The van der Waals surface area contributed by atoms with Crippen LogP contribution < -0.4 is 10.2 Å². The number of halogens is 1. The molecule has 1 aromatic rings. The lowest BCUT2D eigenvalue weighted by Crippen LogP contribution is -2.58. The molecule has 0 bridgehead atoms. The first kappa shape index (κ1) is 17.2. The monoisotopic (exact) mass is 336 g/mol. The SMILES string of the molecule is CN(C)CCN=CC1C(=O)NC(=S)N(c2ccc(F)cc2)C1=O. The minimum atomic E-state index is -1.05. The van der Waals surface area contributed by atoms with Crippen molar-refractivity contribution in [3.63, 3.8) is 0 Å². The summed E-state index contributed by atoms with van der Waals surface area (Å²) in [5.41, 5.74) is 0.396. The molecule has 0 saturated carbocycles. The van der Waals surface area contributed by atoms with Crippen LogP contribution in [0.5, 0.6) is 0 Å². The Morgan fingerprint density at radius 2 is 2.00 bits per heavy atom. The van der Waals surface area contributed by atoms with Crippen LogP contribution in [0.25, 0.3) is 0 Å². The number of likely N-dealkylation sites (N-methyl/N-ethyl adjacent to an activating group) is 1. The fourth-order valence-corrected chi connectivity index (χ4v) is 2.29. The van der Waals surface area contributed by atoms with E-state index in [2.05, 4.69) is 10.3 Å². The molecule has 6 nitrogen and oxygen atoms in total. The van der Waals surface area contributed by atoms with Crippen molar-refractivity contribution in [2.45, 2.75) is 0 Å². The van der Waals surface area contributed by atoms with Crippen LogP contribution in [0.1, 0.15) is 0 Å². The molecule has 0 spiro atoms. The van der Waals surface area contributed by atoms with E-state index in [0.29, 0.717) is 18.8 Å². The van der Waals surface area contributed by atoms with Crippen LogP contribution in [-0.4, -0.2) is 55.2 Å². The summed E-state index contributed by atoms with van der Waals surface area (Å²) in [6.07, 6.45) is 1.33. The third-order valence-corrected chi connectivity index (χ3v) is 3.50. The zero-order valence-electron chi connectivity index (χ0n) is 12.8. The van der Waals surface area contributed by atoms with Crippen molar-refractivity contribution in [2.75, 3.05) is 32.1 Å². The van der Waals surface area contributed by atoms with Crippen LogP contribution >= 0.6 is 12.2 Å². The number of hydrogen-bond acceptors (Lipinski definition) is 5. The molecule has 0 aliphatic carbocycles. The maximum absolute atomic E-state index is 13.0. The molecule has 1 aliphatic heterocycles. The van der Waals surface area contributed by atoms with Gasteiger partial charge in [-0.15, -0.1) is 0 Å². The number of anilines is 1. The normalized spacial score (nSPS) is 18.9. The summed E-state index contributed by atoms with van der Waals surface area (Å²) in [5, 5.41) is 2.45. The highest BCUT2D eigenvalue weighted by molar-refractivity contribution is 7.80. The predicted molar refractivity (Wildman–Crippen MR) is 90.0 cm³/mol.